The quantitative estimate of drug-likeness (QED) is 0.582. The number of aromatic nitrogens is 3. The Balaban J connectivity index is 1.80. The summed E-state index contributed by atoms with van der Waals surface area (Å²) in [5.74, 6) is 1.23. The van der Waals surface area contributed by atoms with E-state index < -0.39 is 0 Å². The maximum atomic E-state index is 11.8. The zero-order valence-electron chi connectivity index (χ0n) is 10.8. The highest BCUT2D eigenvalue weighted by Crippen LogP contribution is 2.24. The van der Waals surface area contributed by atoms with Crippen LogP contribution in [0.15, 0.2) is 23.4 Å². The van der Waals surface area contributed by atoms with Crippen molar-refractivity contribution in [2.75, 3.05) is 16.8 Å². The minimum absolute atomic E-state index is 0.114. The molecular formula is C12H14ClN5OS. The highest BCUT2D eigenvalue weighted by molar-refractivity contribution is 7.99. The van der Waals surface area contributed by atoms with Crippen LogP contribution in [0.5, 0.6) is 0 Å². The first-order chi connectivity index (χ1) is 9.54. The van der Waals surface area contributed by atoms with Gasteiger partial charge in [-0.3, -0.25) is 9.89 Å². The number of anilines is 2. The molecule has 1 aromatic heterocycles. The molecule has 8 heteroatoms. The van der Waals surface area contributed by atoms with Gasteiger partial charge in [0.2, 0.25) is 11.1 Å². The largest absolute Gasteiger partial charge is 0.399 e. The van der Waals surface area contributed by atoms with Gasteiger partial charge in [0.25, 0.3) is 0 Å². The van der Waals surface area contributed by atoms with Crippen molar-refractivity contribution in [1.82, 2.24) is 15.2 Å². The molecular weight excluding hydrogens is 298 g/mol. The number of nitrogen functional groups attached to an aromatic ring is 1. The Morgan fingerprint density at radius 3 is 3.00 bits per heavy atom. The van der Waals surface area contributed by atoms with Crippen LogP contribution in [0, 0.1) is 6.92 Å². The number of rotatable bonds is 5. The molecule has 0 spiro atoms. The van der Waals surface area contributed by atoms with Gasteiger partial charge >= 0.3 is 0 Å². The molecule has 20 heavy (non-hydrogen) atoms. The Morgan fingerprint density at radius 2 is 2.35 bits per heavy atom. The fraction of sp³-hybridized carbons (Fsp3) is 0.250. The molecule has 0 aliphatic rings. The summed E-state index contributed by atoms with van der Waals surface area (Å²) in [6, 6.07) is 4.97. The number of hydrogen-bond acceptors (Lipinski definition) is 5. The molecule has 106 valence electrons. The second-order valence-electron chi connectivity index (χ2n) is 4.09. The molecule has 0 saturated carbocycles. The highest BCUT2D eigenvalue weighted by Gasteiger charge is 2.07. The smallest absolute Gasteiger partial charge is 0.225 e. The fourth-order valence-corrected chi connectivity index (χ4v) is 2.49. The molecule has 2 aromatic rings. The number of nitrogens with one attached hydrogen (secondary N) is 2. The Labute approximate surface area is 125 Å². The number of thioether (sulfide) groups is 1. The Morgan fingerprint density at radius 1 is 1.55 bits per heavy atom. The number of aromatic amines is 1. The monoisotopic (exact) mass is 311 g/mol. The van der Waals surface area contributed by atoms with E-state index in [0.29, 0.717) is 33.7 Å². The molecule has 0 aliphatic heterocycles. The standard InChI is InChI=1S/C12H14ClN5OS/c1-7-15-12(18-17-7)20-5-4-11(19)16-10-3-2-8(14)6-9(10)13/h2-3,6H,4-5,14H2,1H3,(H,16,19)(H,15,17,18). The van der Waals surface area contributed by atoms with Crippen LogP contribution in [0.25, 0.3) is 0 Å². The first-order valence-corrected chi connectivity index (χ1v) is 7.27. The van der Waals surface area contributed by atoms with Crippen molar-refractivity contribution < 1.29 is 4.79 Å². The number of aryl methyl sites for hydroxylation is 1. The van der Waals surface area contributed by atoms with E-state index >= 15 is 0 Å². The molecule has 0 aliphatic carbocycles. The lowest BCUT2D eigenvalue weighted by Crippen LogP contribution is -2.12. The van der Waals surface area contributed by atoms with Gasteiger partial charge in [0, 0.05) is 17.9 Å². The molecule has 0 radical (unpaired) electrons. The van der Waals surface area contributed by atoms with Crippen LogP contribution >= 0.6 is 23.4 Å². The van der Waals surface area contributed by atoms with Crippen molar-refractivity contribution in [1.29, 1.82) is 0 Å². The second-order valence-corrected chi connectivity index (χ2v) is 5.56. The molecule has 0 fully saturated rings. The maximum Gasteiger partial charge on any atom is 0.225 e. The van der Waals surface area contributed by atoms with Gasteiger partial charge in [-0.05, 0) is 25.1 Å². The summed E-state index contributed by atoms with van der Waals surface area (Å²) in [6.07, 6.45) is 0.346. The molecule has 0 unspecified atom stereocenters. The Hall–Kier alpha value is -1.73. The zero-order chi connectivity index (χ0) is 14.5. The average molecular weight is 312 g/mol. The van der Waals surface area contributed by atoms with Crippen molar-refractivity contribution in [2.24, 2.45) is 0 Å². The number of halogens is 1. The minimum Gasteiger partial charge on any atom is -0.399 e. The van der Waals surface area contributed by atoms with E-state index in [0.717, 1.165) is 5.82 Å². The van der Waals surface area contributed by atoms with Crippen LogP contribution in [0.4, 0.5) is 11.4 Å². The van der Waals surface area contributed by atoms with E-state index in [2.05, 4.69) is 20.5 Å². The van der Waals surface area contributed by atoms with Crippen LogP contribution in [0.3, 0.4) is 0 Å². The van der Waals surface area contributed by atoms with E-state index in [1.54, 1.807) is 18.2 Å². The average Bonchev–Trinajstić information content (AvgIpc) is 2.79. The number of nitrogens with zero attached hydrogens (tertiary/aromatic N) is 2. The predicted molar refractivity (Wildman–Crippen MR) is 81.0 cm³/mol. The molecule has 6 nitrogen and oxygen atoms in total. The number of hydrogen-bond donors (Lipinski definition) is 3. The maximum absolute atomic E-state index is 11.8. The highest BCUT2D eigenvalue weighted by atomic mass is 35.5. The van der Waals surface area contributed by atoms with Crippen LogP contribution in [0.1, 0.15) is 12.2 Å². The van der Waals surface area contributed by atoms with Crippen LogP contribution in [-0.4, -0.2) is 26.8 Å². The summed E-state index contributed by atoms with van der Waals surface area (Å²) in [6.45, 7) is 1.83. The van der Waals surface area contributed by atoms with E-state index in [4.69, 9.17) is 17.3 Å². The lowest BCUT2D eigenvalue weighted by Gasteiger charge is -2.07. The van der Waals surface area contributed by atoms with Crippen molar-refractivity contribution in [3.05, 3.63) is 29.0 Å². The minimum atomic E-state index is -0.114. The van der Waals surface area contributed by atoms with Crippen molar-refractivity contribution >= 4 is 40.6 Å². The first-order valence-electron chi connectivity index (χ1n) is 5.91. The van der Waals surface area contributed by atoms with Gasteiger partial charge in [-0.2, -0.15) is 0 Å². The summed E-state index contributed by atoms with van der Waals surface area (Å²) < 4.78 is 0. The number of benzene rings is 1. The second kappa shape index (κ2) is 6.62. The van der Waals surface area contributed by atoms with Crippen molar-refractivity contribution in [2.45, 2.75) is 18.5 Å². The van der Waals surface area contributed by atoms with Crippen molar-refractivity contribution in [3.63, 3.8) is 0 Å². The van der Waals surface area contributed by atoms with E-state index in [-0.39, 0.29) is 5.91 Å². The summed E-state index contributed by atoms with van der Waals surface area (Å²) in [7, 11) is 0. The summed E-state index contributed by atoms with van der Waals surface area (Å²) in [5, 5.41) is 10.5. The third-order valence-electron chi connectivity index (χ3n) is 2.40. The van der Waals surface area contributed by atoms with Gasteiger partial charge in [0.1, 0.15) is 5.82 Å². The SMILES string of the molecule is Cc1nc(SCCC(=O)Nc2ccc(N)cc2Cl)n[nH]1. The molecule has 1 amide bonds. The molecule has 0 bridgehead atoms. The number of carbonyl (C=O) groups excluding carboxylic acids is 1. The molecule has 4 N–H and O–H groups in total. The first kappa shape index (κ1) is 14.7. The van der Waals surface area contributed by atoms with Gasteiger partial charge in [-0.15, -0.1) is 5.10 Å². The lowest BCUT2D eigenvalue weighted by atomic mass is 10.3. The molecule has 1 heterocycles. The summed E-state index contributed by atoms with van der Waals surface area (Å²) >= 11 is 7.40. The normalized spacial score (nSPS) is 10.5. The third kappa shape index (κ3) is 4.14. The topological polar surface area (TPSA) is 96.7 Å². The van der Waals surface area contributed by atoms with E-state index in [1.807, 2.05) is 6.92 Å². The molecule has 0 atom stereocenters. The number of H-pyrrole nitrogens is 1. The van der Waals surface area contributed by atoms with Crippen LogP contribution in [-0.2, 0) is 4.79 Å². The number of carbonyl (C=O) groups is 1. The number of amides is 1. The Bertz CT molecular complexity index is 616. The van der Waals surface area contributed by atoms with Gasteiger partial charge in [0.05, 0.1) is 10.7 Å². The third-order valence-corrected chi connectivity index (χ3v) is 3.57. The lowest BCUT2D eigenvalue weighted by molar-refractivity contribution is -0.115. The van der Waals surface area contributed by atoms with Gasteiger partial charge < -0.3 is 11.1 Å². The summed E-state index contributed by atoms with van der Waals surface area (Å²) in [5.41, 5.74) is 6.71. The van der Waals surface area contributed by atoms with Gasteiger partial charge in [0.15, 0.2) is 0 Å². The van der Waals surface area contributed by atoms with E-state index in [1.165, 1.54) is 11.8 Å². The zero-order valence-corrected chi connectivity index (χ0v) is 12.4. The van der Waals surface area contributed by atoms with Crippen LogP contribution in [0.2, 0.25) is 5.02 Å². The van der Waals surface area contributed by atoms with Gasteiger partial charge in [-0.25, -0.2) is 4.98 Å². The van der Waals surface area contributed by atoms with Gasteiger partial charge in [-0.1, -0.05) is 23.4 Å². The van der Waals surface area contributed by atoms with Crippen molar-refractivity contribution in [3.8, 4) is 0 Å². The molecule has 0 saturated heterocycles. The molecule has 1 aromatic carbocycles. The molecule has 2 rings (SSSR count). The predicted octanol–water partition coefficient (Wildman–Crippen LogP) is 2.47. The Kier molecular flexibility index (Phi) is 4.86. The summed E-state index contributed by atoms with van der Waals surface area (Å²) in [4.78, 5) is 15.9. The van der Waals surface area contributed by atoms with Crippen LogP contribution < -0.4 is 11.1 Å². The van der Waals surface area contributed by atoms with E-state index in [9.17, 15) is 4.79 Å². The fourth-order valence-electron chi connectivity index (χ4n) is 1.47. The number of nitrogens with two attached hydrogens (primary N) is 1.